The lowest BCUT2D eigenvalue weighted by atomic mass is 10.4. The molecule has 1 aliphatic rings. The molecule has 0 N–H and O–H groups in total. The zero-order chi connectivity index (χ0) is 6.04. The molecular formula is C6H13IN+. The van der Waals surface area contributed by atoms with E-state index in [1.54, 1.807) is 0 Å². The standard InChI is InChI=1S/C6H13IN/c1-8(6-7)4-2-3-5-8/h2-6H2,1H3/q+1. The molecule has 0 saturated carbocycles. The van der Waals surface area contributed by atoms with Crippen molar-refractivity contribution in [2.24, 2.45) is 0 Å². The predicted octanol–water partition coefficient (Wildman–Crippen LogP) is 1.62. The molecule has 0 aromatic heterocycles. The summed E-state index contributed by atoms with van der Waals surface area (Å²) in [7, 11) is 2.35. The van der Waals surface area contributed by atoms with E-state index >= 15 is 0 Å². The van der Waals surface area contributed by atoms with Gasteiger partial charge in [-0.25, -0.2) is 0 Å². The Labute approximate surface area is 64.8 Å². The highest BCUT2D eigenvalue weighted by Gasteiger charge is 2.24. The number of rotatable bonds is 1. The molecule has 0 bridgehead atoms. The molecule has 0 unspecified atom stereocenters. The van der Waals surface area contributed by atoms with Crippen LogP contribution in [0.2, 0.25) is 0 Å². The lowest BCUT2D eigenvalue weighted by molar-refractivity contribution is -0.881. The summed E-state index contributed by atoms with van der Waals surface area (Å²) in [5.74, 6) is 0. The largest absolute Gasteiger partial charge is 0.318 e. The van der Waals surface area contributed by atoms with Gasteiger partial charge >= 0.3 is 0 Å². The molecule has 0 radical (unpaired) electrons. The van der Waals surface area contributed by atoms with Crippen LogP contribution in [0.1, 0.15) is 12.8 Å². The lowest BCUT2D eigenvalue weighted by Gasteiger charge is -2.25. The van der Waals surface area contributed by atoms with Gasteiger partial charge in [-0.05, 0) is 22.6 Å². The van der Waals surface area contributed by atoms with Crippen molar-refractivity contribution < 1.29 is 4.48 Å². The third kappa shape index (κ3) is 1.35. The smallest absolute Gasteiger partial charge is 0.129 e. The molecule has 1 fully saturated rings. The topological polar surface area (TPSA) is 0 Å². The SMILES string of the molecule is C[N+]1(CI)CCCC1. The number of likely N-dealkylation sites (tertiary alicyclic amines) is 1. The van der Waals surface area contributed by atoms with E-state index in [0.717, 1.165) is 0 Å². The van der Waals surface area contributed by atoms with Gasteiger partial charge in [0.25, 0.3) is 0 Å². The number of halogens is 1. The summed E-state index contributed by atoms with van der Waals surface area (Å²) in [6, 6.07) is 0. The highest BCUT2D eigenvalue weighted by Crippen LogP contribution is 2.17. The average Bonchev–Trinajstić information content (AvgIpc) is 2.17. The van der Waals surface area contributed by atoms with E-state index in [4.69, 9.17) is 0 Å². The summed E-state index contributed by atoms with van der Waals surface area (Å²) in [5.41, 5.74) is 0. The number of alkyl halides is 1. The van der Waals surface area contributed by atoms with Crippen LogP contribution in [0, 0.1) is 0 Å². The Hall–Kier alpha value is 0.690. The fraction of sp³-hybridized carbons (Fsp3) is 1.00. The minimum absolute atomic E-state index is 1.29. The van der Waals surface area contributed by atoms with Crippen LogP contribution in [-0.4, -0.2) is 29.2 Å². The maximum absolute atomic E-state index is 2.48. The summed E-state index contributed by atoms with van der Waals surface area (Å²) in [6.45, 7) is 2.81. The van der Waals surface area contributed by atoms with Gasteiger partial charge in [0, 0.05) is 12.8 Å². The highest BCUT2D eigenvalue weighted by atomic mass is 127. The van der Waals surface area contributed by atoms with Crippen molar-refractivity contribution in [2.45, 2.75) is 12.8 Å². The summed E-state index contributed by atoms with van der Waals surface area (Å²) >= 11 is 2.48. The summed E-state index contributed by atoms with van der Waals surface area (Å²) in [5, 5.41) is 0. The second kappa shape index (κ2) is 2.52. The third-order valence-electron chi connectivity index (χ3n) is 1.93. The van der Waals surface area contributed by atoms with Gasteiger partial charge in [-0.1, -0.05) is 0 Å². The van der Waals surface area contributed by atoms with Crippen LogP contribution < -0.4 is 0 Å². The molecule has 8 heavy (non-hydrogen) atoms. The maximum Gasteiger partial charge on any atom is 0.129 e. The molecule has 0 atom stereocenters. The lowest BCUT2D eigenvalue weighted by Crippen LogP contribution is -2.38. The Balaban J connectivity index is 2.40. The molecule has 48 valence electrons. The molecule has 0 aromatic rings. The molecule has 1 saturated heterocycles. The van der Waals surface area contributed by atoms with Gasteiger partial charge in [0.1, 0.15) is 4.55 Å². The minimum atomic E-state index is 1.29. The Morgan fingerprint density at radius 1 is 1.38 bits per heavy atom. The normalized spacial score (nSPS) is 26.2. The van der Waals surface area contributed by atoms with Crippen LogP contribution in [0.25, 0.3) is 0 Å². The second-order valence-corrected chi connectivity index (χ2v) is 3.58. The minimum Gasteiger partial charge on any atom is -0.318 e. The Morgan fingerprint density at radius 2 is 1.88 bits per heavy atom. The van der Waals surface area contributed by atoms with Crippen LogP contribution in [0.5, 0.6) is 0 Å². The first-order valence-electron chi connectivity index (χ1n) is 3.16. The van der Waals surface area contributed by atoms with Gasteiger partial charge in [-0.3, -0.25) is 0 Å². The van der Waals surface area contributed by atoms with E-state index in [0.29, 0.717) is 0 Å². The van der Waals surface area contributed by atoms with Crippen molar-refractivity contribution in [3.8, 4) is 0 Å². The van der Waals surface area contributed by atoms with E-state index in [-0.39, 0.29) is 0 Å². The van der Waals surface area contributed by atoms with Crippen LogP contribution in [0.15, 0.2) is 0 Å². The number of hydrogen-bond acceptors (Lipinski definition) is 0. The number of nitrogens with zero attached hydrogens (tertiary/aromatic N) is 1. The zero-order valence-corrected chi connectivity index (χ0v) is 7.52. The molecule has 1 aliphatic heterocycles. The quantitative estimate of drug-likeness (QED) is 0.276. The number of quaternary nitrogens is 1. The molecule has 0 aromatic carbocycles. The van der Waals surface area contributed by atoms with E-state index in [1.165, 1.54) is 35.0 Å². The first-order valence-corrected chi connectivity index (χ1v) is 4.69. The van der Waals surface area contributed by atoms with E-state index in [2.05, 4.69) is 29.6 Å². The third-order valence-corrected chi connectivity index (χ3v) is 3.58. The summed E-state index contributed by atoms with van der Waals surface area (Å²) in [4.78, 5) is 0. The summed E-state index contributed by atoms with van der Waals surface area (Å²) in [6.07, 6.45) is 2.89. The van der Waals surface area contributed by atoms with E-state index in [1.807, 2.05) is 0 Å². The van der Waals surface area contributed by atoms with Crippen LogP contribution >= 0.6 is 22.6 Å². The van der Waals surface area contributed by atoms with Crippen molar-refractivity contribution in [3.05, 3.63) is 0 Å². The van der Waals surface area contributed by atoms with E-state index in [9.17, 15) is 0 Å². The fourth-order valence-corrected chi connectivity index (χ4v) is 1.90. The van der Waals surface area contributed by atoms with Crippen molar-refractivity contribution >= 4 is 22.6 Å². The Bertz CT molecular complexity index is 76.6. The average molecular weight is 226 g/mol. The van der Waals surface area contributed by atoms with Gasteiger partial charge in [0.15, 0.2) is 0 Å². The van der Waals surface area contributed by atoms with Crippen molar-refractivity contribution in [1.82, 2.24) is 0 Å². The molecule has 0 aliphatic carbocycles. The van der Waals surface area contributed by atoms with Crippen LogP contribution in [0.3, 0.4) is 0 Å². The van der Waals surface area contributed by atoms with Gasteiger partial charge in [-0.2, -0.15) is 0 Å². The van der Waals surface area contributed by atoms with Crippen molar-refractivity contribution in [3.63, 3.8) is 0 Å². The Morgan fingerprint density at radius 3 is 2.12 bits per heavy atom. The van der Waals surface area contributed by atoms with Gasteiger partial charge in [-0.15, -0.1) is 0 Å². The molecule has 0 amide bonds. The van der Waals surface area contributed by atoms with E-state index < -0.39 is 0 Å². The molecular weight excluding hydrogens is 213 g/mol. The first-order chi connectivity index (χ1) is 3.77. The van der Waals surface area contributed by atoms with Crippen molar-refractivity contribution in [1.29, 1.82) is 0 Å². The Kier molecular flexibility index (Phi) is 2.14. The molecule has 1 heterocycles. The van der Waals surface area contributed by atoms with Gasteiger partial charge in [0.2, 0.25) is 0 Å². The maximum atomic E-state index is 2.48. The summed E-state index contributed by atoms with van der Waals surface area (Å²) < 4.78 is 2.60. The molecule has 1 nitrogen and oxygen atoms in total. The first kappa shape index (κ1) is 6.81. The monoisotopic (exact) mass is 226 g/mol. The van der Waals surface area contributed by atoms with Crippen molar-refractivity contribution in [2.75, 3.05) is 24.7 Å². The van der Waals surface area contributed by atoms with Gasteiger partial charge in [0.05, 0.1) is 20.1 Å². The van der Waals surface area contributed by atoms with Gasteiger partial charge < -0.3 is 4.48 Å². The predicted molar refractivity (Wildman–Crippen MR) is 44.0 cm³/mol. The zero-order valence-electron chi connectivity index (χ0n) is 5.36. The molecule has 0 spiro atoms. The fourth-order valence-electron chi connectivity index (χ4n) is 1.22. The highest BCUT2D eigenvalue weighted by molar-refractivity contribution is 14.1. The van der Waals surface area contributed by atoms with Crippen LogP contribution in [0.4, 0.5) is 0 Å². The van der Waals surface area contributed by atoms with Crippen LogP contribution in [-0.2, 0) is 0 Å². The second-order valence-electron chi connectivity index (χ2n) is 2.89. The molecule has 1 rings (SSSR count). The number of hydrogen-bond donors (Lipinski definition) is 0. The molecule has 2 heteroatoms.